The zero-order valence-corrected chi connectivity index (χ0v) is 10.1. The average Bonchev–Trinajstić information content (AvgIpc) is 2.62. The maximum absolute atomic E-state index is 11.7. The first-order valence-electron chi connectivity index (χ1n) is 5.43. The fourth-order valence-electron chi connectivity index (χ4n) is 1.99. The van der Waals surface area contributed by atoms with E-state index < -0.39 is 6.03 Å². The van der Waals surface area contributed by atoms with Crippen molar-refractivity contribution in [3.05, 3.63) is 0 Å². The number of nitrogens with one attached hydrogen (secondary N) is 1. The van der Waals surface area contributed by atoms with Gasteiger partial charge in [-0.2, -0.15) is 0 Å². The van der Waals surface area contributed by atoms with Gasteiger partial charge in [0.05, 0.1) is 6.04 Å². The van der Waals surface area contributed by atoms with Gasteiger partial charge in [-0.15, -0.1) is 0 Å². The molecule has 2 unspecified atom stereocenters. The van der Waals surface area contributed by atoms with Crippen molar-refractivity contribution >= 4 is 11.9 Å². The lowest BCUT2D eigenvalue weighted by atomic mass is 10.2. The van der Waals surface area contributed by atoms with Crippen molar-refractivity contribution in [2.24, 2.45) is 5.73 Å². The molecule has 6 heteroatoms. The molecule has 0 radical (unpaired) electrons. The number of amides is 3. The lowest BCUT2D eigenvalue weighted by molar-refractivity contribution is -0.133. The SMILES string of the molecule is CC(C(=O)N(C)C)N1CCC(NC(N)=O)C1. The summed E-state index contributed by atoms with van der Waals surface area (Å²) in [6, 6.07) is -0.581. The van der Waals surface area contributed by atoms with E-state index in [1.165, 1.54) is 0 Å². The van der Waals surface area contributed by atoms with Gasteiger partial charge in [0.15, 0.2) is 0 Å². The standard InChI is InChI=1S/C10H20N4O2/c1-7(9(15)13(2)3)14-5-4-8(6-14)12-10(11)16/h7-8H,4-6H2,1-3H3,(H3,11,12,16). The molecular weight excluding hydrogens is 208 g/mol. The molecule has 1 rings (SSSR count). The van der Waals surface area contributed by atoms with E-state index in [-0.39, 0.29) is 18.0 Å². The Morgan fingerprint density at radius 3 is 2.62 bits per heavy atom. The molecule has 6 nitrogen and oxygen atoms in total. The summed E-state index contributed by atoms with van der Waals surface area (Å²) in [5, 5.41) is 2.67. The van der Waals surface area contributed by atoms with Gasteiger partial charge in [0.1, 0.15) is 0 Å². The predicted octanol–water partition coefficient (Wildman–Crippen LogP) is -0.794. The van der Waals surface area contributed by atoms with Crippen LogP contribution in [0.25, 0.3) is 0 Å². The van der Waals surface area contributed by atoms with E-state index >= 15 is 0 Å². The summed E-state index contributed by atoms with van der Waals surface area (Å²) in [7, 11) is 3.49. The number of urea groups is 1. The normalized spacial score (nSPS) is 22.8. The summed E-state index contributed by atoms with van der Waals surface area (Å²) in [5.74, 6) is 0.0831. The van der Waals surface area contributed by atoms with Crippen LogP contribution in [0, 0.1) is 0 Å². The van der Waals surface area contributed by atoms with Crippen LogP contribution < -0.4 is 11.1 Å². The second-order valence-corrected chi connectivity index (χ2v) is 4.40. The zero-order valence-electron chi connectivity index (χ0n) is 10.1. The summed E-state index contributed by atoms with van der Waals surface area (Å²) in [6.45, 7) is 3.38. The highest BCUT2D eigenvalue weighted by molar-refractivity contribution is 5.81. The highest BCUT2D eigenvalue weighted by Crippen LogP contribution is 2.13. The van der Waals surface area contributed by atoms with Crippen molar-refractivity contribution in [2.75, 3.05) is 27.2 Å². The third-order valence-electron chi connectivity index (χ3n) is 2.91. The first-order valence-corrected chi connectivity index (χ1v) is 5.43. The molecular formula is C10H20N4O2. The van der Waals surface area contributed by atoms with Crippen molar-refractivity contribution in [3.63, 3.8) is 0 Å². The van der Waals surface area contributed by atoms with Crippen LogP contribution >= 0.6 is 0 Å². The highest BCUT2D eigenvalue weighted by atomic mass is 16.2. The molecule has 0 saturated carbocycles. The van der Waals surface area contributed by atoms with Crippen LogP contribution in [0.5, 0.6) is 0 Å². The fourth-order valence-corrected chi connectivity index (χ4v) is 1.99. The molecule has 92 valence electrons. The van der Waals surface area contributed by atoms with Gasteiger partial charge < -0.3 is 16.0 Å². The second-order valence-electron chi connectivity index (χ2n) is 4.40. The van der Waals surface area contributed by atoms with Gasteiger partial charge in [0, 0.05) is 33.2 Å². The van der Waals surface area contributed by atoms with E-state index in [0.717, 1.165) is 13.0 Å². The smallest absolute Gasteiger partial charge is 0.312 e. The molecule has 1 aliphatic rings. The predicted molar refractivity (Wildman–Crippen MR) is 60.9 cm³/mol. The number of rotatable bonds is 3. The number of nitrogens with zero attached hydrogens (tertiary/aromatic N) is 2. The molecule has 0 spiro atoms. The van der Waals surface area contributed by atoms with E-state index in [9.17, 15) is 9.59 Å². The lowest BCUT2D eigenvalue weighted by Crippen LogP contribution is -2.46. The molecule has 0 aromatic carbocycles. The number of carbonyl (C=O) groups is 2. The van der Waals surface area contributed by atoms with Crippen LogP contribution in [-0.4, -0.2) is 61.0 Å². The van der Waals surface area contributed by atoms with E-state index in [0.29, 0.717) is 6.54 Å². The number of hydrogen-bond donors (Lipinski definition) is 2. The maximum Gasteiger partial charge on any atom is 0.312 e. The van der Waals surface area contributed by atoms with Gasteiger partial charge >= 0.3 is 6.03 Å². The summed E-state index contributed by atoms with van der Waals surface area (Å²) in [6.07, 6.45) is 0.841. The molecule has 3 N–H and O–H groups in total. The Hall–Kier alpha value is -1.30. The molecule has 3 amide bonds. The number of nitrogens with two attached hydrogens (primary N) is 1. The van der Waals surface area contributed by atoms with E-state index in [2.05, 4.69) is 10.2 Å². The van der Waals surface area contributed by atoms with Crippen molar-refractivity contribution < 1.29 is 9.59 Å². The Bertz CT molecular complexity index is 280. The summed E-state index contributed by atoms with van der Waals surface area (Å²) in [5.41, 5.74) is 5.06. The van der Waals surface area contributed by atoms with E-state index in [4.69, 9.17) is 5.73 Å². The number of likely N-dealkylation sites (N-methyl/N-ethyl adjacent to an activating group) is 1. The number of carbonyl (C=O) groups excluding carboxylic acids is 2. The Kier molecular flexibility index (Phi) is 4.12. The third kappa shape index (κ3) is 3.10. The van der Waals surface area contributed by atoms with Crippen LogP contribution in [0.2, 0.25) is 0 Å². The summed E-state index contributed by atoms with van der Waals surface area (Å²) < 4.78 is 0. The first-order chi connectivity index (χ1) is 7.41. The van der Waals surface area contributed by atoms with Gasteiger partial charge in [-0.1, -0.05) is 0 Å². The number of primary amides is 1. The molecule has 16 heavy (non-hydrogen) atoms. The van der Waals surface area contributed by atoms with Gasteiger partial charge in [-0.3, -0.25) is 9.69 Å². The van der Waals surface area contributed by atoms with Crippen LogP contribution in [0.1, 0.15) is 13.3 Å². The van der Waals surface area contributed by atoms with Crippen LogP contribution in [-0.2, 0) is 4.79 Å². The van der Waals surface area contributed by atoms with Gasteiger partial charge in [-0.25, -0.2) is 4.79 Å². The molecule has 0 aromatic heterocycles. The van der Waals surface area contributed by atoms with Crippen molar-refractivity contribution in [3.8, 4) is 0 Å². The van der Waals surface area contributed by atoms with Crippen LogP contribution in [0.15, 0.2) is 0 Å². The quantitative estimate of drug-likeness (QED) is 0.664. The fraction of sp³-hybridized carbons (Fsp3) is 0.800. The third-order valence-corrected chi connectivity index (χ3v) is 2.91. The van der Waals surface area contributed by atoms with Gasteiger partial charge in [0.25, 0.3) is 0 Å². The molecule has 0 bridgehead atoms. The molecule has 1 saturated heterocycles. The topological polar surface area (TPSA) is 78.7 Å². The summed E-state index contributed by atoms with van der Waals surface area (Å²) in [4.78, 5) is 26.1. The molecule has 0 aromatic rings. The number of hydrogen-bond acceptors (Lipinski definition) is 3. The molecule has 2 atom stereocenters. The molecule has 1 heterocycles. The second kappa shape index (κ2) is 5.16. The molecule has 1 fully saturated rings. The van der Waals surface area contributed by atoms with Crippen LogP contribution in [0.3, 0.4) is 0 Å². The number of likely N-dealkylation sites (tertiary alicyclic amines) is 1. The van der Waals surface area contributed by atoms with Gasteiger partial charge in [0.2, 0.25) is 5.91 Å². The zero-order chi connectivity index (χ0) is 12.3. The maximum atomic E-state index is 11.7. The summed E-state index contributed by atoms with van der Waals surface area (Å²) >= 11 is 0. The Balaban J connectivity index is 2.46. The Morgan fingerprint density at radius 1 is 1.50 bits per heavy atom. The van der Waals surface area contributed by atoms with Crippen LogP contribution in [0.4, 0.5) is 4.79 Å². The lowest BCUT2D eigenvalue weighted by Gasteiger charge is -2.25. The van der Waals surface area contributed by atoms with E-state index in [1.54, 1.807) is 19.0 Å². The largest absolute Gasteiger partial charge is 0.352 e. The minimum Gasteiger partial charge on any atom is -0.352 e. The van der Waals surface area contributed by atoms with Crippen molar-refractivity contribution in [2.45, 2.75) is 25.4 Å². The highest BCUT2D eigenvalue weighted by Gasteiger charge is 2.30. The first kappa shape index (κ1) is 12.8. The molecule has 0 aliphatic carbocycles. The van der Waals surface area contributed by atoms with E-state index in [1.807, 2.05) is 6.92 Å². The monoisotopic (exact) mass is 228 g/mol. The molecule has 1 aliphatic heterocycles. The van der Waals surface area contributed by atoms with Gasteiger partial charge in [-0.05, 0) is 13.3 Å². The minimum atomic E-state index is -0.501. The average molecular weight is 228 g/mol. The Labute approximate surface area is 95.8 Å². The Morgan fingerprint density at radius 2 is 2.12 bits per heavy atom. The minimum absolute atomic E-state index is 0.0647. The van der Waals surface area contributed by atoms with Crippen molar-refractivity contribution in [1.82, 2.24) is 15.1 Å². The van der Waals surface area contributed by atoms with Crippen molar-refractivity contribution in [1.29, 1.82) is 0 Å².